The lowest BCUT2D eigenvalue weighted by Crippen LogP contribution is -2.19. The number of aryl methyl sites for hydroxylation is 2. The van der Waals surface area contributed by atoms with Crippen LogP contribution in [0.2, 0.25) is 0 Å². The largest absolute Gasteiger partial charge is 0.494 e. The van der Waals surface area contributed by atoms with Crippen LogP contribution in [0.5, 0.6) is 5.75 Å². The van der Waals surface area contributed by atoms with Gasteiger partial charge >= 0.3 is 5.69 Å². The fourth-order valence-corrected chi connectivity index (χ4v) is 3.19. The maximum absolute atomic E-state index is 14.0. The molecule has 0 bridgehead atoms. The number of nitrogens with zero attached hydrogens (tertiary/aromatic N) is 5. The summed E-state index contributed by atoms with van der Waals surface area (Å²) in [7, 11) is 4.90. The highest BCUT2D eigenvalue weighted by atomic mass is 19.1. The summed E-state index contributed by atoms with van der Waals surface area (Å²) >= 11 is 0. The van der Waals surface area contributed by atoms with Gasteiger partial charge in [-0.1, -0.05) is 6.07 Å². The first-order chi connectivity index (χ1) is 14.0. The van der Waals surface area contributed by atoms with E-state index in [4.69, 9.17) is 4.74 Å². The molecule has 148 valence electrons. The predicted molar refractivity (Wildman–Crippen MR) is 107 cm³/mol. The van der Waals surface area contributed by atoms with Crippen LogP contribution in [-0.2, 0) is 20.6 Å². The van der Waals surface area contributed by atoms with Gasteiger partial charge in [0.1, 0.15) is 0 Å². The second-order valence-corrected chi connectivity index (χ2v) is 6.59. The van der Waals surface area contributed by atoms with Crippen molar-refractivity contribution in [1.82, 2.24) is 24.3 Å². The molecule has 2 aromatic carbocycles. The van der Waals surface area contributed by atoms with Gasteiger partial charge in [-0.3, -0.25) is 9.13 Å². The van der Waals surface area contributed by atoms with E-state index in [1.165, 1.54) is 19.4 Å². The number of ether oxygens (including phenoxy) is 1. The van der Waals surface area contributed by atoms with E-state index in [0.717, 1.165) is 16.6 Å². The van der Waals surface area contributed by atoms with Gasteiger partial charge in [-0.05, 0) is 35.9 Å². The summed E-state index contributed by atoms with van der Waals surface area (Å²) in [6, 6.07) is 10.4. The van der Waals surface area contributed by atoms with Gasteiger partial charge in [0.05, 0.1) is 30.0 Å². The van der Waals surface area contributed by atoms with E-state index in [-0.39, 0.29) is 11.4 Å². The quantitative estimate of drug-likeness (QED) is 0.560. The molecule has 0 saturated heterocycles. The van der Waals surface area contributed by atoms with Crippen molar-refractivity contribution in [3.63, 3.8) is 0 Å². The van der Waals surface area contributed by atoms with E-state index in [0.29, 0.717) is 23.8 Å². The molecule has 4 rings (SSSR count). The van der Waals surface area contributed by atoms with Crippen LogP contribution in [0.15, 0.2) is 47.4 Å². The maximum Gasteiger partial charge on any atom is 0.328 e. The lowest BCUT2D eigenvalue weighted by molar-refractivity contribution is 0.386. The van der Waals surface area contributed by atoms with E-state index in [2.05, 4.69) is 20.5 Å². The van der Waals surface area contributed by atoms with Gasteiger partial charge in [0, 0.05) is 26.2 Å². The molecule has 2 aromatic heterocycles. The van der Waals surface area contributed by atoms with Crippen molar-refractivity contribution in [3.05, 3.63) is 64.5 Å². The van der Waals surface area contributed by atoms with Crippen LogP contribution in [0.3, 0.4) is 0 Å². The molecule has 0 atom stereocenters. The second kappa shape index (κ2) is 7.34. The zero-order valence-corrected chi connectivity index (χ0v) is 16.2. The van der Waals surface area contributed by atoms with Crippen LogP contribution in [0, 0.1) is 5.82 Å². The van der Waals surface area contributed by atoms with E-state index < -0.39 is 5.82 Å². The topological polar surface area (TPSA) is 86.9 Å². The zero-order chi connectivity index (χ0) is 20.5. The maximum atomic E-state index is 14.0. The van der Waals surface area contributed by atoms with Crippen LogP contribution in [0.4, 0.5) is 10.3 Å². The Labute approximate surface area is 165 Å². The molecule has 4 aromatic rings. The Balaban J connectivity index is 1.56. The number of rotatable bonds is 5. The van der Waals surface area contributed by atoms with Gasteiger partial charge in [-0.2, -0.15) is 5.10 Å². The highest BCUT2D eigenvalue weighted by Gasteiger charge is 2.10. The number of methoxy groups -OCH3 is 1. The number of halogens is 1. The Kier molecular flexibility index (Phi) is 4.71. The average Bonchev–Trinajstić information content (AvgIpc) is 2.96. The first-order valence-electron chi connectivity index (χ1n) is 8.90. The van der Waals surface area contributed by atoms with Gasteiger partial charge in [0.2, 0.25) is 5.95 Å². The van der Waals surface area contributed by atoms with Crippen LogP contribution >= 0.6 is 0 Å². The lowest BCUT2D eigenvalue weighted by Gasteiger charge is -2.08. The van der Waals surface area contributed by atoms with E-state index in [1.807, 2.05) is 18.2 Å². The summed E-state index contributed by atoms with van der Waals surface area (Å²) in [4.78, 5) is 16.5. The van der Waals surface area contributed by atoms with Gasteiger partial charge in [0.15, 0.2) is 11.6 Å². The van der Waals surface area contributed by atoms with Crippen molar-refractivity contribution in [1.29, 1.82) is 0 Å². The smallest absolute Gasteiger partial charge is 0.328 e. The molecule has 0 amide bonds. The zero-order valence-electron chi connectivity index (χ0n) is 16.2. The molecule has 9 heteroatoms. The number of anilines is 1. The lowest BCUT2D eigenvalue weighted by atomic mass is 10.1. The van der Waals surface area contributed by atoms with Gasteiger partial charge in [0.25, 0.3) is 0 Å². The van der Waals surface area contributed by atoms with Crippen LogP contribution in [0.1, 0.15) is 5.56 Å². The fraction of sp³-hybridized carbons (Fsp3) is 0.200. The molecule has 0 radical (unpaired) electrons. The molecule has 29 heavy (non-hydrogen) atoms. The molecule has 0 spiro atoms. The van der Waals surface area contributed by atoms with Crippen molar-refractivity contribution >= 4 is 17.0 Å². The molecule has 2 heterocycles. The molecule has 1 N–H and O–H groups in total. The Hall–Kier alpha value is -3.75. The van der Waals surface area contributed by atoms with Crippen LogP contribution in [-0.4, -0.2) is 31.4 Å². The van der Waals surface area contributed by atoms with Gasteiger partial charge < -0.3 is 10.1 Å². The summed E-state index contributed by atoms with van der Waals surface area (Å²) < 4.78 is 22.1. The standard InChI is InChI=1S/C20H19FN6O2/c1-26-16-6-4-12(8-17(16)27(2)20(26)28)10-22-19-24-15(11-23-25-19)13-5-7-18(29-3)14(21)9-13/h4-9,11H,10H2,1-3H3,(H,22,24,25). The van der Waals surface area contributed by atoms with Crippen molar-refractivity contribution in [2.75, 3.05) is 12.4 Å². The second-order valence-electron chi connectivity index (χ2n) is 6.59. The molecule has 8 nitrogen and oxygen atoms in total. The molecule has 0 aliphatic heterocycles. The molecule has 0 fully saturated rings. The van der Waals surface area contributed by atoms with Crippen LogP contribution < -0.4 is 15.7 Å². The Bertz CT molecular complexity index is 1260. The fourth-order valence-electron chi connectivity index (χ4n) is 3.19. The first-order valence-corrected chi connectivity index (χ1v) is 8.90. The monoisotopic (exact) mass is 394 g/mol. The van der Waals surface area contributed by atoms with E-state index in [9.17, 15) is 9.18 Å². The van der Waals surface area contributed by atoms with Crippen molar-refractivity contribution < 1.29 is 9.13 Å². The number of nitrogens with one attached hydrogen (secondary N) is 1. The number of benzene rings is 2. The third-order valence-electron chi connectivity index (χ3n) is 4.79. The minimum Gasteiger partial charge on any atom is -0.494 e. The average molecular weight is 394 g/mol. The molecule has 0 unspecified atom stereocenters. The van der Waals surface area contributed by atoms with Crippen molar-refractivity contribution in [2.45, 2.75) is 6.54 Å². The highest BCUT2D eigenvalue weighted by Crippen LogP contribution is 2.24. The summed E-state index contributed by atoms with van der Waals surface area (Å²) in [5, 5.41) is 11.0. The number of hydrogen-bond donors (Lipinski definition) is 1. The Morgan fingerprint density at radius 3 is 2.66 bits per heavy atom. The third-order valence-corrected chi connectivity index (χ3v) is 4.79. The van der Waals surface area contributed by atoms with E-state index in [1.54, 1.807) is 35.4 Å². The minimum atomic E-state index is -0.472. The van der Waals surface area contributed by atoms with Crippen molar-refractivity contribution in [2.24, 2.45) is 14.1 Å². The number of fused-ring (bicyclic) bond motifs is 1. The predicted octanol–water partition coefficient (Wildman–Crippen LogP) is 2.49. The molecule has 0 saturated carbocycles. The van der Waals surface area contributed by atoms with E-state index >= 15 is 0 Å². The summed E-state index contributed by atoms with van der Waals surface area (Å²) in [6.07, 6.45) is 1.47. The Morgan fingerprint density at radius 1 is 1.10 bits per heavy atom. The third kappa shape index (κ3) is 3.42. The van der Waals surface area contributed by atoms with Gasteiger partial charge in [-0.25, -0.2) is 14.2 Å². The summed E-state index contributed by atoms with van der Waals surface area (Å²) in [5.41, 5.74) is 3.66. The van der Waals surface area contributed by atoms with Gasteiger partial charge in [-0.15, -0.1) is 5.10 Å². The SMILES string of the molecule is COc1ccc(-c2cnnc(NCc3ccc4c(c3)n(C)c(=O)n4C)n2)cc1F. The molecule has 0 aliphatic carbocycles. The summed E-state index contributed by atoms with van der Waals surface area (Å²) in [5.74, 6) is 0.0143. The highest BCUT2D eigenvalue weighted by molar-refractivity contribution is 5.76. The normalized spacial score (nSPS) is 11.0. The first kappa shape index (κ1) is 18.6. The molecule has 0 aliphatic rings. The minimum absolute atomic E-state index is 0.0722. The molecular formula is C20H19FN6O2. The number of hydrogen-bond acceptors (Lipinski definition) is 6. The summed E-state index contributed by atoms with van der Waals surface area (Å²) in [6.45, 7) is 0.446. The van der Waals surface area contributed by atoms with Crippen LogP contribution in [0.25, 0.3) is 22.3 Å². The molecular weight excluding hydrogens is 375 g/mol. The Morgan fingerprint density at radius 2 is 1.90 bits per heavy atom. The number of imidazole rings is 1. The number of aromatic nitrogens is 5. The van der Waals surface area contributed by atoms with Crippen molar-refractivity contribution in [3.8, 4) is 17.0 Å².